The summed E-state index contributed by atoms with van der Waals surface area (Å²) < 4.78 is 16.6. The summed E-state index contributed by atoms with van der Waals surface area (Å²) in [5, 5.41) is 3.40. The molecule has 1 unspecified atom stereocenters. The maximum absolute atomic E-state index is 5.93. The number of hydrogen-bond donors (Lipinski definition) is 1. The van der Waals surface area contributed by atoms with Crippen LogP contribution in [0.1, 0.15) is 32.8 Å². The summed E-state index contributed by atoms with van der Waals surface area (Å²) >= 11 is 0. The molecule has 0 saturated carbocycles. The molecule has 1 N–H and O–H groups in total. The molecule has 0 amide bonds. The molecule has 0 bridgehead atoms. The molecule has 0 spiro atoms. The van der Waals surface area contributed by atoms with Crippen LogP contribution in [0.4, 0.5) is 0 Å². The molecule has 4 heteroatoms. The van der Waals surface area contributed by atoms with Gasteiger partial charge in [0.15, 0.2) is 11.5 Å². The lowest BCUT2D eigenvalue weighted by Gasteiger charge is -2.18. The Morgan fingerprint density at radius 2 is 2.05 bits per heavy atom. The van der Waals surface area contributed by atoms with E-state index in [0.29, 0.717) is 19.4 Å². The molecule has 1 aromatic rings. The Labute approximate surface area is 115 Å². The molecule has 1 aliphatic rings. The van der Waals surface area contributed by atoms with Crippen LogP contribution in [0.5, 0.6) is 11.5 Å². The second kappa shape index (κ2) is 6.78. The third-order valence-electron chi connectivity index (χ3n) is 3.13. The fraction of sp³-hybridized carbons (Fsp3) is 0.600. The smallest absolute Gasteiger partial charge is 0.231 e. The maximum Gasteiger partial charge on any atom is 0.231 e. The summed E-state index contributed by atoms with van der Waals surface area (Å²) in [6.45, 7) is 8.24. The van der Waals surface area contributed by atoms with E-state index in [1.807, 2.05) is 18.2 Å². The molecule has 106 valence electrons. The van der Waals surface area contributed by atoms with Gasteiger partial charge in [0.1, 0.15) is 0 Å². The minimum absolute atomic E-state index is 0.243. The van der Waals surface area contributed by atoms with Gasteiger partial charge >= 0.3 is 0 Å². The van der Waals surface area contributed by atoms with Crippen molar-refractivity contribution in [3.8, 4) is 11.5 Å². The van der Waals surface area contributed by atoms with E-state index in [1.54, 1.807) is 0 Å². The van der Waals surface area contributed by atoms with E-state index >= 15 is 0 Å². The second-order valence-electron chi connectivity index (χ2n) is 5.09. The Morgan fingerprint density at radius 1 is 1.26 bits per heavy atom. The Balaban J connectivity index is 1.83. The van der Waals surface area contributed by atoms with Gasteiger partial charge in [0.05, 0.1) is 12.7 Å². The van der Waals surface area contributed by atoms with Crippen LogP contribution in [0.15, 0.2) is 18.2 Å². The van der Waals surface area contributed by atoms with Gasteiger partial charge in [-0.3, -0.25) is 0 Å². The molecule has 0 aliphatic carbocycles. The van der Waals surface area contributed by atoms with Crippen LogP contribution >= 0.6 is 0 Å². The van der Waals surface area contributed by atoms with Gasteiger partial charge in [-0.1, -0.05) is 26.8 Å². The lowest BCUT2D eigenvalue weighted by Crippen LogP contribution is -2.33. The topological polar surface area (TPSA) is 39.7 Å². The standard InChI is InChI=1S/C15H23NO3/c1-4-13(8-16-11(2)3)17-9-12-5-6-14-15(7-12)19-10-18-14/h5-7,11,13,16H,4,8-10H2,1-3H3. The van der Waals surface area contributed by atoms with Crippen molar-refractivity contribution in [1.82, 2.24) is 5.32 Å². The zero-order valence-corrected chi connectivity index (χ0v) is 11.9. The van der Waals surface area contributed by atoms with Crippen molar-refractivity contribution in [3.63, 3.8) is 0 Å². The van der Waals surface area contributed by atoms with Crippen LogP contribution in [0.25, 0.3) is 0 Å². The van der Waals surface area contributed by atoms with Crippen molar-refractivity contribution < 1.29 is 14.2 Å². The lowest BCUT2D eigenvalue weighted by atomic mass is 10.2. The van der Waals surface area contributed by atoms with Gasteiger partial charge in [0.2, 0.25) is 6.79 Å². The van der Waals surface area contributed by atoms with E-state index in [9.17, 15) is 0 Å². The fourth-order valence-electron chi connectivity index (χ4n) is 1.93. The first-order chi connectivity index (χ1) is 9.19. The van der Waals surface area contributed by atoms with E-state index in [2.05, 4.69) is 26.1 Å². The summed E-state index contributed by atoms with van der Waals surface area (Å²) in [4.78, 5) is 0. The molecule has 1 aromatic carbocycles. The average Bonchev–Trinajstić information content (AvgIpc) is 2.86. The first-order valence-corrected chi connectivity index (χ1v) is 6.92. The molecular formula is C15H23NO3. The van der Waals surface area contributed by atoms with E-state index in [0.717, 1.165) is 30.0 Å². The molecule has 1 aliphatic heterocycles. The zero-order chi connectivity index (χ0) is 13.7. The van der Waals surface area contributed by atoms with E-state index in [1.165, 1.54) is 0 Å². The van der Waals surface area contributed by atoms with Gasteiger partial charge in [-0.25, -0.2) is 0 Å². The van der Waals surface area contributed by atoms with Crippen LogP contribution in [0.3, 0.4) is 0 Å². The largest absolute Gasteiger partial charge is 0.454 e. The van der Waals surface area contributed by atoms with Crippen molar-refractivity contribution in [2.45, 2.75) is 45.9 Å². The highest BCUT2D eigenvalue weighted by atomic mass is 16.7. The van der Waals surface area contributed by atoms with E-state index in [-0.39, 0.29) is 6.10 Å². The zero-order valence-electron chi connectivity index (χ0n) is 11.9. The molecule has 0 fully saturated rings. The van der Waals surface area contributed by atoms with Crippen molar-refractivity contribution in [2.75, 3.05) is 13.3 Å². The fourth-order valence-corrected chi connectivity index (χ4v) is 1.93. The Morgan fingerprint density at radius 3 is 2.79 bits per heavy atom. The minimum Gasteiger partial charge on any atom is -0.454 e. The van der Waals surface area contributed by atoms with E-state index < -0.39 is 0 Å². The van der Waals surface area contributed by atoms with Crippen LogP contribution in [-0.4, -0.2) is 25.5 Å². The number of rotatable bonds is 7. The van der Waals surface area contributed by atoms with Crippen molar-refractivity contribution in [1.29, 1.82) is 0 Å². The summed E-state index contributed by atoms with van der Waals surface area (Å²) in [6.07, 6.45) is 1.25. The van der Waals surface area contributed by atoms with Gasteiger partial charge in [-0.05, 0) is 24.1 Å². The molecule has 1 atom stereocenters. The molecule has 2 rings (SSSR count). The number of fused-ring (bicyclic) bond motifs is 1. The summed E-state index contributed by atoms with van der Waals surface area (Å²) in [5.41, 5.74) is 1.12. The lowest BCUT2D eigenvalue weighted by molar-refractivity contribution is 0.0372. The van der Waals surface area contributed by atoms with Gasteiger partial charge < -0.3 is 19.5 Å². The highest BCUT2D eigenvalue weighted by Crippen LogP contribution is 2.32. The molecule has 19 heavy (non-hydrogen) atoms. The number of benzene rings is 1. The van der Waals surface area contributed by atoms with Crippen LogP contribution in [-0.2, 0) is 11.3 Å². The van der Waals surface area contributed by atoms with Crippen molar-refractivity contribution in [3.05, 3.63) is 23.8 Å². The first-order valence-electron chi connectivity index (χ1n) is 6.92. The molecule has 0 radical (unpaired) electrons. The third-order valence-corrected chi connectivity index (χ3v) is 3.13. The highest BCUT2D eigenvalue weighted by molar-refractivity contribution is 5.44. The van der Waals surface area contributed by atoms with Crippen molar-refractivity contribution >= 4 is 0 Å². The predicted octanol–water partition coefficient (Wildman–Crippen LogP) is 2.71. The molecule has 1 heterocycles. The maximum atomic E-state index is 5.93. The quantitative estimate of drug-likeness (QED) is 0.823. The highest BCUT2D eigenvalue weighted by Gasteiger charge is 2.14. The molecule has 4 nitrogen and oxygen atoms in total. The van der Waals surface area contributed by atoms with Crippen LogP contribution in [0.2, 0.25) is 0 Å². The SMILES string of the molecule is CCC(CNC(C)C)OCc1ccc2c(c1)OCO2. The number of ether oxygens (including phenoxy) is 3. The van der Waals surface area contributed by atoms with Gasteiger partial charge in [-0.2, -0.15) is 0 Å². The van der Waals surface area contributed by atoms with Gasteiger partial charge in [0, 0.05) is 12.6 Å². The Hall–Kier alpha value is -1.26. The van der Waals surface area contributed by atoms with Gasteiger partial charge in [-0.15, -0.1) is 0 Å². The number of nitrogens with one attached hydrogen (secondary N) is 1. The number of hydrogen-bond acceptors (Lipinski definition) is 4. The molecule has 0 saturated heterocycles. The Kier molecular flexibility index (Phi) is 5.05. The van der Waals surface area contributed by atoms with Crippen molar-refractivity contribution in [2.24, 2.45) is 0 Å². The molecule has 0 aromatic heterocycles. The first kappa shape index (κ1) is 14.2. The molecular weight excluding hydrogens is 242 g/mol. The van der Waals surface area contributed by atoms with Gasteiger partial charge in [0.25, 0.3) is 0 Å². The predicted molar refractivity (Wildman–Crippen MR) is 74.6 cm³/mol. The monoisotopic (exact) mass is 265 g/mol. The summed E-state index contributed by atoms with van der Waals surface area (Å²) in [6, 6.07) is 6.44. The summed E-state index contributed by atoms with van der Waals surface area (Å²) in [5.74, 6) is 1.63. The summed E-state index contributed by atoms with van der Waals surface area (Å²) in [7, 11) is 0. The van der Waals surface area contributed by atoms with E-state index in [4.69, 9.17) is 14.2 Å². The second-order valence-corrected chi connectivity index (χ2v) is 5.09. The average molecular weight is 265 g/mol. The third kappa shape index (κ3) is 4.11. The van der Waals surface area contributed by atoms with Crippen LogP contribution in [0, 0.1) is 0 Å². The minimum atomic E-state index is 0.243. The Bertz CT molecular complexity index is 406. The normalized spacial score (nSPS) is 14.9. The van der Waals surface area contributed by atoms with Crippen LogP contribution < -0.4 is 14.8 Å².